The topological polar surface area (TPSA) is 86.5 Å². The van der Waals surface area contributed by atoms with Crippen LogP contribution < -0.4 is 9.92 Å². The standard InChI is InChI=1S/C15H11NO4S2.C7H14/c16-15(17)13-9-21-14-7-6-10(8-12(13)14)20-22(18,19)11-4-2-1-3-5-11;1-3-7-5-4-6(7)2/h1-9H,(H2,16,17);6-7H,3-5H2,1-2H3. The minimum Gasteiger partial charge on any atom is -0.379 e. The van der Waals surface area contributed by atoms with Crippen LogP contribution in [0.2, 0.25) is 0 Å². The summed E-state index contributed by atoms with van der Waals surface area (Å²) in [6.45, 7) is 4.65. The van der Waals surface area contributed by atoms with Crippen LogP contribution in [0.15, 0.2) is 58.8 Å². The maximum atomic E-state index is 12.2. The number of hydrogen-bond donors (Lipinski definition) is 1. The van der Waals surface area contributed by atoms with Gasteiger partial charge in [-0.05, 0) is 48.6 Å². The van der Waals surface area contributed by atoms with E-state index in [-0.39, 0.29) is 10.6 Å². The number of carbonyl (C=O) groups excluding carboxylic acids is 1. The van der Waals surface area contributed by atoms with Crippen molar-refractivity contribution in [2.75, 3.05) is 0 Å². The van der Waals surface area contributed by atoms with E-state index in [1.807, 2.05) is 0 Å². The lowest BCUT2D eigenvalue weighted by Crippen LogP contribution is -2.21. The summed E-state index contributed by atoms with van der Waals surface area (Å²) in [6.07, 6.45) is 4.39. The number of rotatable bonds is 5. The molecule has 29 heavy (non-hydrogen) atoms. The molecule has 7 heteroatoms. The Morgan fingerprint density at radius 3 is 2.41 bits per heavy atom. The van der Waals surface area contributed by atoms with Crippen LogP contribution in [0.5, 0.6) is 5.75 Å². The number of fused-ring (bicyclic) bond motifs is 1. The van der Waals surface area contributed by atoms with Gasteiger partial charge in [0.2, 0.25) is 5.91 Å². The zero-order valence-corrected chi connectivity index (χ0v) is 18.1. The number of amides is 1. The van der Waals surface area contributed by atoms with E-state index >= 15 is 0 Å². The van der Waals surface area contributed by atoms with Crippen molar-refractivity contribution in [1.82, 2.24) is 0 Å². The van der Waals surface area contributed by atoms with Gasteiger partial charge in [-0.1, -0.05) is 44.9 Å². The molecule has 0 aliphatic heterocycles. The second kappa shape index (κ2) is 8.97. The van der Waals surface area contributed by atoms with E-state index in [1.54, 1.807) is 35.7 Å². The highest BCUT2D eigenvalue weighted by Crippen LogP contribution is 2.35. The molecule has 0 radical (unpaired) electrons. The van der Waals surface area contributed by atoms with Crippen LogP contribution in [0.1, 0.15) is 43.5 Å². The number of nitrogens with two attached hydrogens (primary N) is 1. The highest BCUT2D eigenvalue weighted by atomic mass is 32.2. The van der Waals surface area contributed by atoms with Gasteiger partial charge in [-0.2, -0.15) is 8.42 Å². The summed E-state index contributed by atoms with van der Waals surface area (Å²) in [5.74, 6) is 1.71. The fourth-order valence-corrected chi connectivity index (χ4v) is 5.23. The maximum absolute atomic E-state index is 12.2. The van der Waals surface area contributed by atoms with Gasteiger partial charge < -0.3 is 9.92 Å². The molecular formula is C22H25NO4S2. The van der Waals surface area contributed by atoms with Crippen LogP contribution in [-0.2, 0) is 10.1 Å². The van der Waals surface area contributed by atoms with Gasteiger partial charge in [0.25, 0.3) is 0 Å². The lowest BCUT2D eigenvalue weighted by atomic mass is 9.74. The van der Waals surface area contributed by atoms with Gasteiger partial charge in [0.1, 0.15) is 10.6 Å². The first kappa shape index (κ1) is 21.3. The molecule has 1 aromatic heterocycles. The van der Waals surface area contributed by atoms with Crippen molar-refractivity contribution in [1.29, 1.82) is 0 Å². The average Bonchev–Trinajstić information content (AvgIpc) is 3.11. The molecule has 2 aromatic carbocycles. The highest BCUT2D eigenvalue weighted by Gasteiger charge is 2.23. The van der Waals surface area contributed by atoms with E-state index in [1.165, 1.54) is 48.8 Å². The number of benzene rings is 2. The quantitative estimate of drug-likeness (QED) is 0.562. The smallest absolute Gasteiger partial charge is 0.339 e. The molecule has 3 aromatic rings. The summed E-state index contributed by atoms with van der Waals surface area (Å²) >= 11 is 1.36. The predicted molar refractivity (Wildman–Crippen MR) is 117 cm³/mol. The molecule has 2 N–H and O–H groups in total. The van der Waals surface area contributed by atoms with Gasteiger partial charge in [0.15, 0.2) is 0 Å². The van der Waals surface area contributed by atoms with Gasteiger partial charge in [-0.25, -0.2) is 0 Å². The van der Waals surface area contributed by atoms with Crippen LogP contribution in [-0.4, -0.2) is 14.3 Å². The Morgan fingerprint density at radius 2 is 1.90 bits per heavy atom. The summed E-state index contributed by atoms with van der Waals surface area (Å²) in [7, 11) is -3.91. The number of hydrogen-bond acceptors (Lipinski definition) is 5. The SMILES string of the molecule is CCC1CCC1C.NC(=O)c1csc2ccc(OS(=O)(=O)c3ccccc3)cc12. The van der Waals surface area contributed by atoms with Crippen LogP contribution >= 0.6 is 11.3 Å². The van der Waals surface area contributed by atoms with Crippen LogP contribution in [0.25, 0.3) is 10.1 Å². The van der Waals surface area contributed by atoms with Gasteiger partial charge in [0.05, 0.1) is 5.56 Å². The van der Waals surface area contributed by atoms with E-state index in [9.17, 15) is 13.2 Å². The minimum absolute atomic E-state index is 0.0653. The molecule has 1 fully saturated rings. The molecule has 2 unspecified atom stereocenters. The van der Waals surface area contributed by atoms with Crippen molar-refractivity contribution >= 4 is 37.4 Å². The normalized spacial score (nSPS) is 18.4. The van der Waals surface area contributed by atoms with Crippen molar-refractivity contribution in [2.24, 2.45) is 17.6 Å². The van der Waals surface area contributed by atoms with Gasteiger partial charge in [-0.3, -0.25) is 4.79 Å². The van der Waals surface area contributed by atoms with E-state index in [0.29, 0.717) is 10.9 Å². The predicted octanol–water partition coefficient (Wildman–Crippen LogP) is 5.21. The van der Waals surface area contributed by atoms with E-state index < -0.39 is 16.0 Å². The molecular weight excluding hydrogens is 406 g/mol. The largest absolute Gasteiger partial charge is 0.379 e. The van der Waals surface area contributed by atoms with Crippen molar-refractivity contribution in [3.05, 3.63) is 59.5 Å². The Kier molecular flexibility index (Phi) is 6.59. The van der Waals surface area contributed by atoms with Gasteiger partial charge in [-0.15, -0.1) is 11.3 Å². The third-order valence-electron chi connectivity index (χ3n) is 5.37. The zero-order valence-electron chi connectivity index (χ0n) is 16.5. The van der Waals surface area contributed by atoms with Crippen molar-refractivity contribution in [3.8, 4) is 5.75 Å². The maximum Gasteiger partial charge on any atom is 0.339 e. The molecule has 4 rings (SSSR count). The summed E-state index contributed by atoms with van der Waals surface area (Å²) in [6, 6.07) is 12.6. The second-order valence-corrected chi connectivity index (χ2v) is 9.70. The molecule has 2 atom stereocenters. The fourth-order valence-electron chi connectivity index (χ4n) is 3.36. The van der Waals surface area contributed by atoms with Crippen molar-refractivity contribution in [2.45, 2.75) is 38.0 Å². The molecule has 0 saturated heterocycles. The fraction of sp³-hybridized carbons (Fsp3) is 0.318. The Morgan fingerprint density at radius 1 is 1.17 bits per heavy atom. The average molecular weight is 432 g/mol. The molecule has 1 aliphatic carbocycles. The number of carbonyl (C=O) groups is 1. The van der Waals surface area contributed by atoms with Gasteiger partial charge in [0, 0.05) is 15.5 Å². The monoisotopic (exact) mass is 431 g/mol. The van der Waals surface area contributed by atoms with E-state index in [2.05, 4.69) is 13.8 Å². The first-order valence-corrected chi connectivity index (χ1v) is 11.9. The number of thiophene rings is 1. The lowest BCUT2D eigenvalue weighted by molar-refractivity contribution is 0.100. The Bertz CT molecular complexity index is 1090. The Hall–Kier alpha value is -2.38. The highest BCUT2D eigenvalue weighted by molar-refractivity contribution is 7.87. The summed E-state index contributed by atoms with van der Waals surface area (Å²) in [5, 5.41) is 2.22. The Balaban J connectivity index is 0.000000290. The molecule has 154 valence electrons. The van der Waals surface area contributed by atoms with Crippen molar-refractivity contribution < 1.29 is 17.4 Å². The molecule has 0 bridgehead atoms. The van der Waals surface area contributed by atoms with Gasteiger partial charge >= 0.3 is 10.1 Å². The van der Waals surface area contributed by atoms with E-state index in [0.717, 1.165) is 16.5 Å². The minimum atomic E-state index is -3.91. The van der Waals surface area contributed by atoms with Crippen molar-refractivity contribution in [3.63, 3.8) is 0 Å². The third-order valence-corrected chi connectivity index (χ3v) is 7.59. The first-order valence-electron chi connectivity index (χ1n) is 9.62. The second-order valence-electron chi connectivity index (χ2n) is 7.25. The van der Waals surface area contributed by atoms with E-state index in [4.69, 9.17) is 9.92 Å². The van der Waals surface area contributed by atoms with Crippen LogP contribution in [0, 0.1) is 11.8 Å². The summed E-state index contributed by atoms with van der Waals surface area (Å²) < 4.78 is 30.3. The molecule has 1 heterocycles. The van der Waals surface area contributed by atoms with Crippen LogP contribution in [0.3, 0.4) is 0 Å². The molecule has 1 amide bonds. The first-order chi connectivity index (χ1) is 13.8. The molecule has 0 spiro atoms. The van der Waals surface area contributed by atoms with Crippen LogP contribution in [0.4, 0.5) is 0 Å². The Labute approximate surface area is 175 Å². The molecule has 1 saturated carbocycles. The third kappa shape index (κ3) is 4.97. The summed E-state index contributed by atoms with van der Waals surface area (Å²) in [4.78, 5) is 11.4. The summed E-state index contributed by atoms with van der Waals surface area (Å²) in [5.41, 5.74) is 5.65. The number of primary amides is 1. The lowest BCUT2D eigenvalue weighted by Gasteiger charge is -2.32. The molecule has 1 aliphatic rings. The molecule has 5 nitrogen and oxygen atoms in total. The zero-order chi connectivity index (χ0) is 21.0.